The van der Waals surface area contributed by atoms with Gasteiger partial charge in [-0.1, -0.05) is 6.92 Å². The Morgan fingerprint density at radius 2 is 1.64 bits per heavy atom. The predicted octanol–water partition coefficient (Wildman–Crippen LogP) is 0.135. The third-order valence-corrected chi connectivity index (χ3v) is 3.29. The number of hydrogen-bond donors (Lipinski definition) is 0. The minimum absolute atomic E-state index is 0.570. The van der Waals surface area contributed by atoms with Crippen molar-refractivity contribution in [2.45, 2.75) is 13.3 Å². The lowest BCUT2D eigenvalue weighted by molar-refractivity contribution is 0.417. The Morgan fingerprint density at radius 3 is 1.91 bits per heavy atom. The Kier molecular flexibility index (Phi) is 3.99. The number of nitrogens with zero attached hydrogens (tertiary/aromatic N) is 2. The van der Waals surface area contributed by atoms with E-state index in [0.717, 1.165) is 6.42 Å². The Morgan fingerprint density at radius 1 is 1.18 bits per heavy atom. The van der Waals surface area contributed by atoms with Gasteiger partial charge in [-0.2, -0.15) is 17.0 Å². The zero-order chi connectivity index (χ0) is 9.07. The van der Waals surface area contributed by atoms with E-state index < -0.39 is 10.2 Å². The van der Waals surface area contributed by atoms with Gasteiger partial charge in [0.1, 0.15) is 0 Å². The second-order valence-corrected chi connectivity index (χ2v) is 4.86. The molecule has 68 valence electrons. The Hall–Kier alpha value is -0.130. The van der Waals surface area contributed by atoms with Crippen molar-refractivity contribution in [1.29, 1.82) is 0 Å². The van der Waals surface area contributed by atoms with E-state index in [1.54, 1.807) is 7.05 Å². The van der Waals surface area contributed by atoms with Crippen molar-refractivity contribution in [3.05, 3.63) is 0 Å². The van der Waals surface area contributed by atoms with Gasteiger partial charge in [0.2, 0.25) is 0 Å². The zero-order valence-corrected chi connectivity index (χ0v) is 8.35. The molecule has 11 heavy (non-hydrogen) atoms. The maximum absolute atomic E-state index is 11.3. The van der Waals surface area contributed by atoms with Crippen LogP contribution < -0.4 is 0 Å². The second kappa shape index (κ2) is 4.04. The fourth-order valence-corrected chi connectivity index (χ4v) is 1.68. The molecule has 0 bridgehead atoms. The van der Waals surface area contributed by atoms with E-state index in [4.69, 9.17) is 0 Å². The molecule has 5 heteroatoms. The molecular formula is C6H16N2O2S. The van der Waals surface area contributed by atoms with Crippen LogP contribution in [0.15, 0.2) is 0 Å². The van der Waals surface area contributed by atoms with Crippen molar-refractivity contribution >= 4 is 10.2 Å². The highest BCUT2D eigenvalue weighted by Crippen LogP contribution is 2.00. The third kappa shape index (κ3) is 2.76. The maximum atomic E-state index is 11.3. The molecule has 0 aromatic heterocycles. The smallest absolute Gasteiger partial charge is 0.195 e. The van der Waals surface area contributed by atoms with E-state index in [0.29, 0.717) is 6.54 Å². The minimum atomic E-state index is -3.17. The summed E-state index contributed by atoms with van der Waals surface area (Å²) in [4.78, 5) is 0. The van der Waals surface area contributed by atoms with Crippen LogP contribution in [-0.4, -0.2) is 44.7 Å². The first-order valence-electron chi connectivity index (χ1n) is 3.56. The quantitative estimate of drug-likeness (QED) is 0.617. The van der Waals surface area contributed by atoms with Gasteiger partial charge < -0.3 is 0 Å². The largest absolute Gasteiger partial charge is 0.281 e. The zero-order valence-electron chi connectivity index (χ0n) is 7.53. The molecule has 0 rings (SSSR count). The van der Waals surface area contributed by atoms with E-state index in [2.05, 4.69) is 0 Å². The van der Waals surface area contributed by atoms with Gasteiger partial charge in [0, 0.05) is 27.7 Å². The van der Waals surface area contributed by atoms with Crippen LogP contribution in [-0.2, 0) is 10.2 Å². The maximum Gasteiger partial charge on any atom is 0.281 e. The van der Waals surface area contributed by atoms with Crippen molar-refractivity contribution in [2.24, 2.45) is 0 Å². The van der Waals surface area contributed by atoms with Crippen LogP contribution in [0, 0.1) is 0 Å². The van der Waals surface area contributed by atoms with Crippen LogP contribution >= 0.6 is 0 Å². The summed E-state index contributed by atoms with van der Waals surface area (Å²) in [7, 11) is 1.47. The van der Waals surface area contributed by atoms with E-state index in [9.17, 15) is 8.42 Å². The highest BCUT2D eigenvalue weighted by atomic mass is 32.2. The molecule has 0 aliphatic carbocycles. The first-order chi connectivity index (χ1) is 4.92. The summed E-state index contributed by atoms with van der Waals surface area (Å²) in [5.41, 5.74) is 0. The topological polar surface area (TPSA) is 40.6 Å². The Bertz CT molecular complexity index is 199. The lowest BCUT2D eigenvalue weighted by atomic mass is 10.5. The monoisotopic (exact) mass is 180 g/mol. The first-order valence-corrected chi connectivity index (χ1v) is 4.96. The van der Waals surface area contributed by atoms with Crippen molar-refractivity contribution in [2.75, 3.05) is 27.7 Å². The SMILES string of the molecule is CCCN(C)S(=O)(=O)N(C)C. The third-order valence-electron chi connectivity index (χ3n) is 1.39. The van der Waals surface area contributed by atoms with Crippen LogP contribution in [0.2, 0.25) is 0 Å². The lowest BCUT2D eigenvalue weighted by Crippen LogP contribution is -2.37. The number of hydrogen-bond acceptors (Lipinski definition) is 2. The van der Waals surface area contributed by atoms with Crippen LogP contribution in [0.1, 0.15) is 13.3 Å². The molecule has 4 nitrogen and oxygen atoms in total. The molecule has 0 atom stereocenters. The van der Waals surface area contributed by atoms with Gasteiger partial charge in [-0.3, -0.25) is 0 Å². The van der Waals surface area contributed by atoms with E-state index in [-0.39, 0.29) is 0 Å². The van der Waals surface area contributed by atoms with E-state index in [1.807, 2.05) is 6.92 Å². The fraction of sp³-hybridized carbons (Fsp3) is 1.00. The van der Waals surface area contributed by atoms with Gasteiger partial charge in [0.15, 0.2) is 0 Å². The average molecular weight is 180 g/mol. The van der Waals surface area contributed by atoms with Crippen molar-refractivity contribution in [3.8, 4) is 0 Å². The minimum Gasteiger partial charge on any atom is -0.195 e. The molecule has 0 saturated carbocycles. The molecule has 0 radical (unpaired) electrons. The molecule has 0 N–H and O–H groups in total. The molecule has 0 saturated heterocycles. The van der Waals surface area contributed by atoms with Crippen LogP contribution in [0.3, 0.4) is 0 Å². The predicted molar refractivity (Wildman–Crippen MR) is 45.5 cm³/mol. The molecule has 0 aromatic rings. The summed E-state index contributed by atoms with van der Waals surface area (Å²) in [6.45, 7) is 2.52. The van der Waals surface area contributed by atoms with Crippen molar-refractivity contribution < 1.29 is 8.42 Å². The van der Waals surface area contributed by atoms with E-state index in [1.165, 1.54) is 22.7 Å². The van der Waals surface area contributed by atoms with Crippen LogP contribution in [0.25, 0.3) is 0 Å². The summed E-state index contributed by atoms with van der Waals surface area (Å²) in [5, 5.41) is 0. The second-order valence-electron chi connectivity index (χ2n) is 2.61. The summed E-state index contributed by atoms with van der Waals surface area (Å²) in [6.07, 6.45) is 0.837. The molecule has 0 aliphatic heterocycles. The van der Waals surface area contributed by atoms with Gasteiger partial charge in [-0.05, 0) is 6.42 Å². The van der Waals surface area contributed by atoms with Crippen LogP contribution in [0.5, 0.6) is 0 Å². The van der Waals surface area contributed by atoms with Gasteiger partial charge in [0.05, 0.1) is 0 Å². The average Bonchev–Trinajstić information content (AvgIpc) is 1.88. The summed E-state index contributed by atoms with van der Waals surface area (Å²) in [5.74, 6) is 0. The fourth-order valence-electron chi connectivity index (χ4n) is 0.709. The molecule has 0 fully saturated rings. The Labute approximate surface area is 69.0 Å². The standard InChI is InChI=1S/C6H16N2O2S/c1-5-6-8(4)11(9,10)7(2)3/h5-6H2,1-4H3. The molecule has 0 aromatic carbocycles. The lowest BCUT2D eigenvalue weighted by Gasteiger charge is -2.20. The molecule has 0 spiro atoms. The highest BCUT2D eigenvalue weighted by molar-refractivity contribution is 7.86. The first kappa shape index (κ1) is 10.9. The van der Waals surface area contributed by atoms with E-state index >= 15 is 0 Å². The summed E-state index contributed by atoms with van der Waals surface area (Å²) in [6, 6.07) is 0. The summed E-state index contributed by atoms with van der Waals surface area (Å²) < 4.78 is 25.1. The van der Waals surface area contributed by atoms with Crippen molar-refractivity contribution in [3.63, 3.8) is 0 Å². The molecule has 0 unspecified atom stereocenters. The normalized spacial score (nSPS) is 12.9. The van der Waals surface area contributed by atoms with Gasteiger partial charge >= 0.3 is 0 Å². The van der Waals surface area contributed by atoms with Gasteiger partial charge in [0.25, 0.3) is 10.2 Å². The molecule has 0 amide bonds. The van der Waals surface area contributed by atoms with Crippen LogP contribution in [0.4, 0.5) is 0 Å². The van der Waals surface area contributed by atoms with Gasteiger partial charge in [-0.15, -0.1) is 0 Å². The molecule has 0 aliphatic rings. The van der Waals surface area contributed by atoms with Crippen molar-refractivity contribution in [1.82, 2.24) is 8.61 Å². The molecule has 0 heterocycles. The number of rotatable bonds is 4. The molecular weight excluding hydrogens is 164 g/mol. The van der Waals surface area contributed by atoms with Gasteiger partial charge in [-0.25, -0.2) is 0 Å². The summed E-state index contributed by atoms with van der Waals surface area (Å²) >= 11 is 0. The highest BCUT2D eigenvalue weighted by Gasteiger charge is 2.18. The Balaban J connectivity index is 4.32.